The lowest BCUT2D eigenvalue weighted by atomic mass is 10.0. The summed E-state index contributed by atoms with van der Waals surface area (Å²) in [4.78, 5) is 19.9. The average molecular weight is 386 g/mol. The van der Waals surface area contributed by atoms with Gasteiger partial charge >= 0.3 is 0 Å². The van der Waals surface area contributed by atoms with Crippen molar-refractivity contribution in [1.82, 2.24) is 4.90 Å². The van der Waals surface area contributed by atoms with Crippen molar-refractivity contribution >= 4 is 11.6 Å². The van der Waals surface area contributed by atoms with E-state index in [0.29, 0.717) is 36.2 Å². The van der Waals surface area contributed by atoms with Crippen LogP contribution in [0.4, 0.5) is 8.78 Å². The van der Waals surface area contributed by atoms with E-state index >= 15 is 0 Å². The zero-order valence-electron chi connectivity index (χ0n) is 16.1. The molecule has 0 bridgehead atoms. The zero-order chi connectivity index (χ0) is 20.1. The molecule has 3 rings (SSSR count). The first-order valence-corrected chi connectivity index (χ1v) is 9.42. The molecule has 0 saturated carbocycles. The van der Waals surface area contributed by atoms with E-state index in [-0.39, 0.29) is 36.1 Å². The normalized spacial score (nSPS) is 16.0. The Morgan fingerprint density at radius 1 is 1.21 bits per heavy atom. The van der Waals surface area contributed by atoms with E-state index in [2.05, 4.69) is 5.16 Å². The molecule has 148 valence electrons. The van der Waals surface area contributed by atoms with Crippen LogP contribution in [0, 0.1) is 17.6 Å². The first kappa shape index (κ1) is 20.0. The fraction of sp³-hybridized carbons (Fsp3) is 0.364. The summed E-state index contributed by atoms with van der Waals surface area (Å²) in [7, 11) is 0. The minimum atomic E-state index is -0.362. The smallest absolute Gasteiger partial charge is 0.223 e. The number of carbonyl (C=O) groups is 1. The molecule has 2 aromatic rings. The Hall–Kier alpha value is -2.76. The molecule has 1 atom stereocenters. The highest BCUT2D eigenvalue weighted by atomic mass is 19.1. The molecule has 0 N–H and O–H groups in total. The van der Waals surface area contributed by atoms with Gasteiger partial charge in [0.05, 0.1) is 12.3 Å². The van der Waals surface area contributed by atoms with Crippen LogP contribution in [-0.4, -0.2) is 29.2 Å². The lowest BCUT2D eigenvalue weighted by Gasteiger charge is -2.26. The summed E-state index contributed by atoms with van der Waals surface area (Å²) in [6.45, 7) is 4.55. The molecule has 0 spiro atoms. The minimum absolute atomic E-state index is 0.0257. The van der Waals surface area contributed by atoms with Crippen molar-refractivity contribution in [2.24, 2.45) is 11.1 Å². The molecular formula is C22H24F2N2O2. The zero-order valence-corrected chi connectivity index (χ0v) is 16.1. The van der Waals surface area contributed by atoms with Gasteiger partial charge < -0.3 is 9.74 Å². The predicted molar refractivity (Wildman–Crippen MR) is 104 cm³/mol. The predicted octanol–water partition coefficient (Wildman–Crippen LogP) is 4.53. The summed E-state index contributed by atoms with van der Waals surface area (Å²) < 4.78 is 27.5. The van der Waals surface area contributed by atoms with Gasteiger partial charge in [0.15, 0.2) is 6.10 Å². The number of hydrogen-bond donors (Lipinski definition) is 0. The maximum atomic E-state index is 14.0. The van der Waals surface area contributed by atoms with E-state index in [9.17, 15) is 13.6 Å². The second-order valence-corrected chi connectivity index (χ2v) is 7.45. The number of rotatable bonds is 7. The molecule has 0 unspecified atom stereocenters. The molecule has 1 heterocycles. The van der Waals surface area contributed by atoms with Crippen LogP contribution in [0.2, 0.25) is 0 Å². The van der Waals surface area contributed by atoms with Crippen LogP contribution in [0.1, 0.15) is 37.8 Å². The quantitative estimate of drug-likeness (QED) is 0.701. The topological polar surface area (TPSA) is 41.9 Å². The van der Waals surface area contributed by atoms with E-state index in [1.165, 1.54) is 18.2 Å². The molecule has 2 aromatic carbocycles. The van der Waals surface area contributed by atoms with Crippen molar-refractivity contribution in [3.05, 3.63) is 71.3 Å². The van der Waals surface area contributed by atoms with Crippen LogP contribution in [0.3, 0.4) is 0 Å². The van der Waals surface area contributed by atoms with E-state index in [1.54, 1.807) is 35.2 Å². The highest BCUT2D eigenvalue weighted by Crippen LogP contribution is 2.21. The number of nitrogens with zero attached hydrogens (tertiary/aromatic N) is 2. The third-order valence-corrected chi connectivity index (χ3v) is 4.54. The summed E-state index contributed by atoms with van der Waals surface area (Å²) in [6.07, 6.45) is 0.442. The van der Waals surface area contributed by atoms with Gasteiger partial charge in [-0.2, -0.15) is 0 Å². The van der Waals surface area contributed by atoms with Crippen molar-refractivity contribution in [3.63, 3.8) is 0 Å². The van der Waals surface area contributed by atoms with Crippen molar-refractivity contribution < 1.29 is 18.4 Å². The van der Waals surface area contributed by atoms with E-state index < -0.39 is 0 Å². The van der Waals surface area contributed by atoms with Gasteiger partial charge in [0.1, 0.15) is 11.6 Å². The summed E-state index contributed by atoms with van der Waals surface area (Å²) >= 11 is 0. The van der Waals surface area contributed by atoms with Crippen LogP contribution < -0.4 is 0 Å². The van der Waals surface area contributed by atoms with Crippen LogP contribution in [0.5, 0.6) is 0 Å². The van der Waals surface area contributed by atoms with Gasteiger partial charge in [-0.1, -0.05) is 49.3 Å². The molecule has 1 aliphatic heterocycles. The number of amides is 1. The van der Waals surface area contributed by atoms with Gasteiger partial charge in [-0.3, -0.25) is 4.79 Å². The molecule has 28 heavy (non-hydrogen) atoms. The van der Waals surface area contributed by atoms with Crippen molar-refractivity contribution in [2.75, 3.05) is 6.54 Å². The highest BCUT2D eigenvalue weighted by Gasteiger charge is 2.28. The van der Waals surface area contributed by atoms with Crippen molar-refractivity contribution in [1.29, 1.82) is 0 Å². The molecule has 0 radical (unpaired) electrons. The van der Waals surface area contributed by atoms with Crippen LogP contribution in [0.15, 0.2) is 53.7 Å². The average Bonchev–Trinajstić information content (AvgIpc) is 3.09. The summed E-state index contributed by atoms with van der Waals surface area (Å²) in [5.41, 5.74) is 1.66. The van der Waals surface area contributed by atoms with Crippen LogP contribution in [0.25, 0.3) is 0 Å². The molecule has 0 saturated heterocycles. The second kappa shape index (κ2) is 8.95. The Morgan fingerprint density at radius 3 is 2.71 bits per heavy atom. The number of benzene rings is 2. The number of hydrogen-bond acceptors (Lipinski definition) is 3. The van der Waals surface area contributed by atoms with E-state index in [1.807, 2.05) is 13.8 Å². The maximum Gasteiger partial charge on any atom is 0.223 e. The molecule has 4 nitrogen and oxygen atoms in total. The largest absolute Gasteiger partial charge is 0.390 e. The van der Waals surface area contributed by atoms with Crippen LogP contribution in [-0.2, 0) is 16.2 Å². The molecule has 1 aliphatic rings. The molecule has 0 aromatic heterocycles. The van der Waals surface area contributed by atoms with Gasteiger partial charge in [0.2, 0.25) is 5.91 Å². The molecular weight excluding hydrogens is 362 g/mol. The number of carbonyl (C=O) groups excluding carboxylic acids is 1. The second-order valence-electron chi connectivity index (χ2n) is 7.45. The maximum absolute atomic E-state index is 14.0. The van der Waals surface area contributed by atoms with Crippen LogP contribution >= 0.6 is 0 Å². The molecule has 6 heteroatoms. The third kappa shape index (κ3) is 5.15. The lowest BCUT2D eigenvalue weighted by molar-refractivity contribution is -0.134. The number of oxime groups is 1. The van der Waals surface area contributed by atoms with Crippen molar-refractivity contribution in [2.45, 2.75) is 39.3 Å². The molecule has 0 fully saturated rings. The summed E-state index contributed by atoms with van der Waals surface area (Å²) in [6, 6.07) is 12.6. The first-order valence-electron chi connectivity index (χ1n) is 9.42. The molecule has 0 aliphatic carbocycles. The van der Waals surface area contributed by atoms with Gasteiger partial charge in [-0.25, -0.2) is 8.78 Å². The Balaban J connectivity index is 1.69. The first-order chi connectivity index (χ1) is 13.4. The molecule has 1 amide bonds. The fourth-order valence-corrected chi connectivity index (χ4v) is 3.21. The Bertz CT molecular complexity index is 867. The van der Waals surface area contributed by atoms with E-state index in [0.717, 1.165) is 0 Å². The van der Waals surface area contributed by atoms with Gasteiger partial charge in [-0.15, -0.1) is 0 Å². The standard InChI is InChI=1S/C22H24F2N2O2/c1-15(2)10-22(27)26(13-16-6-5-7-17(23)11-16)14-18-12-21(25-28-18)19-8-3-4-9-20(19)24/h3-9,11,15,18H,10,12-14H2,1-2H3/t18-/m0/s1. The minimum Gasteiger partial charge on any atom is -0.390 e. The Morgan fingerprint density at radius 2 is 2.00 bits per heavy atom. The summed E-state index contributed by atoms with van der Waals surface area (Å²) in [5, 5.41) is 4.02. The van der Waals surface area contributed by atoms with Gasteiger partial charge in [0.25, 0.3) is 0 Å². The Labute approximate surface area is 163 Å². The Kier molecular flexibility index (Phi) is 6.39. The van der Waals surface area contributed by atoms with Gasteiger partial charge in [0, 0.05) is 24.9 Å². The fourth-order valence-electron chi connectivity index (χ4n) is 3.21. The van der Waals surface area contributed by atoms with Gasteiger partial charge in [-0.05, 0) is 29.7 Å². The lowest BCUT2D eigenvalue weighted by Crippen LogP contribution is -2.37. The third-order valence-electron chi connectivity index (χ3n) is 4.54. The van der Waals surface area contributed by atoms with Crippen molar-refractivity contribution in [3.8, 4) is 0 Å². The SMILES string of the molecule is CC(C)CC(=O)N(Cc1cccc(F)c1)C[C@@H]1CC(c2ccccc2F)=NO1. The van der Waals surface area contributed by atoms with E-state index in [4.69, 9.17) is 4.84 Å². The monoisotopic (exact) mass is 386 g/mol. The summed E-state index contributed by atoms with van der Waals surface area (Å²) in [5.74, 6) is -0.506. The highest BCUT2D eigenvalue weighted by molar-refractivity contribution is 6.01. The number of halogens is 2.